The zero-order chi connectivity index (χ0) is 19.2. The molecule has 0 fully saturated rings. The van der Waals surface area contributed by atoms with E-state index in [1.54, 1.807) is 42.5 Å². The molecule has 0 spiro atoms. The number of benzene rings is 2. The van der Waals surface area contributed by atoms with Crippen molar-refractivity contribution in [2.75, 3.05) is 11.3 Å². The first-order valence-corrected chi connectivity index (χ1v) is 10.3. The lowest BCUT2D eigenvalue weighted by Crippen LogP contribution is -2.24. The van der Waals surface area contributed by atoms with Crippen molar-refractivity contribution in [3.8, 4) is 0 Å². The molecule has 0 radical (unpaired) electrons. The van der Waals surface area contributed by atoms with Crippen LogP contribution in [0.4, 0.5) is 5.69 Å². The van der Waals surface area contributed by atoms with E-state index in [-0.39, 0.29) is 10.8 Å². The lowest BCUT2D eigenvalue weighted by atomic mass is 10.1. The molecule has 0 aliphatic heterocycles. The lowest BCUT2D eigenvalue weighted by Gasteiger charge is -2.10. The first-order chi connectivity index (χ1) is 12.3. The van der Waals surface area contributed by atoms with Crippen LogP contribution in [0, 0.1) is 13.8 Å². The number of hydrogen-bond acceptors (Lipinski definition) is 3. The highest BCUT2D eigenvalue weighted by molar-refractivity contribution is 7.92. The second kappa shape index (κ2) is 8.85. The topological polar surface area (TPSA) is 75.3 Å². The van der Waals surface area contributed by atoms with Gasteiger partial charge in [0.25, 0.3) is 15.9 Å². The fourth-order valence-electron chi connectivity index (χ4n) is 2.46. The normalized spacial score (nSPS) is 11.2. The molecule has 5 nitrogen and oxygen atoms in total. The van der Waals surface area contributed by atoms with Gasteiger partial charge in [0.2, 0.25) is 0 Å². The Bertz CT molecular complexity index is 859. The van der Waals surface area contributed by atoms with Crippen molar-refractivity contribution in [1.82, 2.24) is 5.32 Å². The molecular weight excluding hydrogens is 348 g/mol. The molecule has 2 aromatic rings. The second-order valence-electron chi connectivity index (χ2n) is 6.39. The van der Waals surface area contributed by atoms with Gasteiger partial charge in [-0.2, -0.15) is 0 Å². The molecule has 26 heavy (non-hydrogen) atoms. The SMILES string of the molecule is CCCCCNC(=O)c1ccc(NS(=O)(=O)c2ccc(C)c(C)c2)cc1. The van der Waals surface area contributed by atoms with E-state index >= 15 is 0 Å². The van der Waals surface area contributed by atoms with Crippen molar-refractivity contribution >= 4 is 21.6 Å². The van der Waals surface area contributed by atoms with E-state index in [0.717, 1.165) is 30.4 Å². The Morgan fingerprint density at radius 2 is 1.65 bits per heavy atom. The molecule has 0 saturated heterocycles. The van der Waals surface area contributed by atoms with Gasteiger partial charge in [-0.05, 0) is 67.8 Å². The van der Waals surface area contributed by atoms with Gasteiger partial charge in [0.05, 0.1) is 4.90 Å². The first-order valence-electron chi connectivity index (χ1n) is 8.82. The van der Waals surface area contributed by atoms with Crippen LogP contribution in [0.2, 0.25) is 0 Å². The average molecular weight is 375 g/mol. The van der Waals surface area contributed by atoms with Gasteiger partial charge in [0.15, 0.2) is 0 Å². The number of rotatable bonds is 8. The standard InChI is InChI=1S/C20H26N2O3S/c1-4-5-6-13-21-20(23)17-8-10-18(11-9-17)22-26(24,25)19-12-7-15(2)16(3)14-19/h7-12,14,22H,4-6,13H2,1-3H3,(H,21,23). The largest absolute Gasteiger partial charge is 0.352 e. The molecule has 6 heteroatoms. The third-order valence-corrected chi connectivity index (χ3v) is 5.63. The minimum atomic E-state index is -3.66. The van der Waals surface area contributed by atoms with Crippen molar-refractivity contribution in [2.24, 2.45) is 0 Å². The molecule has 0 unspecified atom stereocenters. The molecule has 1 amide bonds. The number of aryl methyl sites for hydroxylation is 2. The minimum absolute atomic E-state index is 0.148. The molecule has 0 aliphatic carbocycles. The van der Waals surface area contributed by atoms with E-state index < -0.39 is 10.0 Å². The molecule has 0 aliphatic rings. The Hall–Kier alpha value is -2.34. The fraction of sp³-hybridized carbons (Fsp3) is 0.350. The van der Waals surface area contributed by atoms with E-state index in [1.165, 1.54) is 0 Å². The minimum Gasteiger partial charge on any atom is -0.352 e. The van der Waals surface area contributed by atoms with Crippen molar-refractivity contribution < 1.29 is 13.2 Å². The highest BCUT2D eigenvalue weighted by atomic mass is 32.2. The summed E-state index contributed by atoms with van der Waals surface area (Å²) in [5, 5.41) is 2.86. The van der Waals surface area contributed by atoms with Crippen LogP contribution in [0.1, 0.15) is 47.7 Å². The Labute approximate surface area is 155 Å². The molecule has 2 N–H and O–H groups in total. The number of hydrogen-bond donors (Lipinski definition) is 2. The van der Waals surface area contributed by atoms with Crippen molar-refractivity contribution in [3.63, 3.8) is 0 Å². The summed E-state index contributed by atoms with van der Waals surface area (Å²) in [5.41, 5.74) is 2.89. The third-order valence-electron chi connectivity index (χ3n) is 4.25. The van der Waals surface area contributed by atoms with Crippen molar-refractivity contribution in [2.45, 2.75) is 44.9 Å². The van der Waals surface area contributed by atoms with E-state index in [0.29, 0.717) is 17.8 Å². The Morgan fingerprint density at radius 3 is 2.27 bits per heavy atom. The Morgan fingerprint density at radius 1 is 0.962 bits per heavy atom. The number of anilines is 1. The van der Waals surface area contributed by atoms with Gasteiger partial charge in [-0.25, -0.2) is 8.42 Å². The zero-order valence-corrected chi connectivity index (χ0v) is 16.3. The maximum absolute atomic E-state index is 12.5. The fourth-order valence-corrected chi connectivity index (χ4v) is 3.61. The van der Waals surface area contributed by atoms with E-state index in [2.05, 4.69) is 17.0 Å². The summed E-state index contributed by atoms with van der Waals surface area (Å²) in [6.07, 6.45) is 3.14. The quantitative estimate of drug-likeness (QED) is 0.685. The number of carbonyl (C=O) groups excluding carboxylic acids is 1. The molecule has 0 aromatic heterocycles. The second-order valence-corrected chi connectivity index (χ2v) is 8.07. The molecule has 0 heterocycles. The number of nitrogens with one attached hydrogen (secondary N) is 2. The summed E-state index contributed by atoms with van der Waals surface area (Å²) in [7, 11) is -3.66. The van der Waals surface area contributed by atoms with Crippen LogP contribution in [0.3, 0.4) is 0 Å². The van der Waals surface area contributed by atoms with Crippen LogP contribution in [0.15, 0.2) is 47.4 Å². The number of unbranched alkanes of at least 4 members (excludes halogenated alkanes) is 2. The summed E-state index contributed by atoms with van der Waals surface area (Å²) in [5.74, 6) is -0.148. The number of sulfonamides is 1. The summed E-state index contributed by atoms with van der Waals surface area (Å²) >= 11 is 0. The maximum Gasteiger partial charge on any atom is 0.261 e. The molecule has 0 saturated carbocycles. The van der Waals surface area contributed by atoms with Crippen LogP contribution in [0.5, 0.6) is 0 Å². The molecule has 140 valence electrons. The van der Waals surface area contributed by atoms with Crippen LogP contribution < -0.4 is 10.0 Å². The smallest absolute Gasteiger partial charge is 0.261 e. The van der Waals surface area contributed by atoms with Crippen LogP contribution >= 0.6 is 0 Å². The van der Waals surface area contributed by atoms with Crippen molar-refractivity contribution in [1.29, 1.82) is 0 Å². The van der Waals surface area contributed by atoms with E-state index in [1.807, 2.05) is 13.8 Å². The molecule has 2 rings (SSSR count). The van der Waals surface area contributed by atoms with Gasteiger partial charge >= 0.3 is 0 Å². The summed E-state index contributed by atoms with van der Waals surface area (Å²) < 4.78 is 27.5. The molecule has 0 bridgehead atoms. The number of amides is 1. The van der Waals surface area contributed by atoms with Gasteiger partial charge in [0.1, 0.15) is 0 Å². The van der Waals surface area contributed by atoms with Gasteiger partial charge in [0, 0.05) is 17.8 Å². The highest BCUT2D eigenvalue weighted by Gasteiger charge is 2.15. The molecule has 2 aromatic carbocycles. The number of carbonyl (C=O) groups is 1. The summed E-state index contributed by atoms with van der Waals surface area (Å²) in [6.45, 7) is 6.57. The predicted octanol–water partition coefficient (Wildman–Crippen LogP) is 4.02. The average Bonchev–Trinajstić information content (AvgIpc) is 2.61. The predicted molar refractivity (Wildman–Crippen MR) is 105 cm³/mol. The zero-order valence-electron chi connectivity index (χ0n) is 15.5. The Kier molecular flexibility index (Phi) is 6.80. The van der Waals surface area contributed by atoms with Gasteiger partial charge in [-0.3, -0.25) is 9.52 Å². The van der Waals surface area contributed by atoms with E-state index in [9.17, 15) is 13.2 Å². The van der Waals surface area contributed by atoms with Crippen LogP contribution in [-0.2, 0) is 10.0 Å². The van der Waals surface area contributed by atoms with Crippen molar-refractivity contribution in [3.05, 3.63) is 59.2 Å². The van der Waals surface area contributed by atoms with Gasteiger partial charge < -0.3 is 5.32 Å². The summed E-state index contributed by atoms with van der Waals surface area (Å²) in [6, 6.07) is 11.5. The van der Waals surface area contributed by atoms with Gasteiger partial charge in [-0.15, -0.1) is 0 Å². The van der Waals surface area contributed by atoms with Gasteiger partial charge in [-0.1, -0.05) is 25.8 Å². The monoisotopic (exact) mass is 374 g/mol. The van der Waals surface area contributed by atoms with E-state index in [4.69, 9.17) is 0 Å². The van der Waals surface area contributed by atoms with Crippen LogP contribution in [-0.4, -0.2) is 20.9 Å². The highest BCUT2D eigenvalue weighted by Crippen LogP contribution is 2.19. The maximum atomic E-state index is 12.5. The molecular formula is C20H26N2O3S. The lowest BCUT2D eigenvalue weighted by molar-refractivity contribution is 0.0953. The first kappa shape index (κ1) is 20.0. The third kappa shape index (κ3) is 5.33. The van der Waals surface area contributed by atoms with Crippen LogP contribution in [0.25, 0.3) is 0 Å². The summed E-state index contributed by atoms with van der Waals surface area (Å²) in [4.78, 5) is 12.3. The molecule has 0 atom stereocenters. The Balaban J connectivity index is 2.03.